The molecule has 1 aromatic heterocycles. The minimum absolute atomic E-state index is 1.04. The standard InChI is InChI=1S/C16H14N4S/c1-13-2-6-15(7-3-13)21-16-8-4-14(5-9-16)10-19-20-11-17-18-12-20/h2-12H,1H3/b19-10-. The van der Waals surface area contributed by atoms with Crippen LogP contribution in [0.15, 0.2) is 76.1 Å². The summed E-state index contributed by atoms with van der Waals surface area (Å²) in [6, 6.07) is 16.8. The van der Waals surface area contributed by atoms with Crippen molar-refractivity contribution in [2.75, 3.05) is 0 Å². The molecule has 2 aromatic carbocycles. The topological polar surface area (TPSA) is 43.1 Å². The zero-order valence-corrected chi connectivity index (χ0v) is 12.4. The van der Waals surface area contributed by atoms with Crippen molar-refractivity contribution >= 4 is 18.0 Å². The van der Waals surface area contributed by atoms with Gasteiger partial charge in [-0.25, -0.2) is 4.68 Å². The summed E-state index contributed by atoms with van der Waals surface area (Å²) in [5.41, 5.74) is 2.32. The monoisotopic (exact) mass is 294 g/mol. The van der Waals surface area contributed by atoms with Gasteiger partial charge in [0, 0.05) is 9.79 Å². The second-order valence-electron chi connectivity index (χ2n) is 4.57. The Morgan fingerprint density at radius 3 is 2.10 bits per heavy atom. The molecule has 0 unspecified atom stereocenters. The largest absolute Gasteiger partial charge is 0.208 e. The van der Waals surface area contributed by atoms with Crippen molar-refractivity contribution in [1.29, 1.82) is 0 Å². The van der Waals surface area contributed by atoms with E-state index in [0.29, 0.717) is 0 Å². The van der Waals surface area contributed by atoms with Gasteiger partial charge in [0.1, 0.15) is 12.7 Å². The SMILES string of the molecule is Cc1ccc(Sc2ccc(/C=N\n3cnnc3)cc2)cc1. The second-order valence-corrected chi connectivity index (χ2v) is 5.72. The van der Waals surface area contributed by atoms with Crippen LogP contribution in [0.1, 0.15) is 11.1 Å². The van der Waals surface area contributed by atoms with E-state index in [0.717, 1.165) is 5.56 Å². The van der Waals surface area contributed by atoms with E-state index in [2.05, 4.69) is 58.6 Å². The van der Waals surface area contributed by atoms with E-state index in [9.17, 15) is 0 Å². The highest BCUT2D eigenvalue weighted by Gasteiger charge is 1.97. The number of hydrogen-bond donors (Lipinski definition) is 0. The molecule has 3 aromatic rings. The summed E-state index contributed by atoms with van der Waals surface area (Å²) in [5, 5.41) is 11.6. The Morgan fingerprint density at radius 2 is 1.48 bits per heavy atom. The third-order valence-electron chi connectivity index (χ3n) is 2.88. The molecule has 0 saturated carbocycles. The molecule has 104 valence electrons. The zero-order chi connectivity index (χ0) is 14.5. The fraction of sp³-hybridized carbons (Fsp3) is 0.0625. The summed E-state index contributed by atoms with van der Waals surface area (Å²) in [4.78, 5) is 2.45. The maximum Gasteiger partial charge on any atom is 0.141 e. The Balaban J connectivity index is 1.67. The number of benzene rings is 2. The molecule has 4 nitrogen and oxygen atoms in total. The van der Waals surface area contributed by atoms with E-state index < -0.39 is 0 Å². The van der Waals surface area contributed by atoms with E-state index in [1.807, 2.05) is 12.1 Å². The summed E-state index contributed by atoms with van der Waals surface area (Å²) >= 11 is 1.75. The average molecular weight is 294 g/mol. The van der Waals surface area contributed by atoms with E-state index in [1.54, 1.807) is 35.3 Å². The van der Waals surface area contributed by atoms with Gasteiger partial charge in [0.2, 0.25) is 0 Å². The number of hydrogen-bond acceptors (Lipinski definition) is 4. The van der Waals surface area contributed by atoms with E-state index >= 15 is 0 Å². The minimum atomic E-state index is 1.04. The Labute approximate surface area is 127 Å². The van der Waals surface area contributed by atoms with Gasteiger partial charge in [-0.1, -0.05) is 41.6 Å². The van der Waals surface area contributed by atoms with Crippen LogP contribution in [-0.4, -0.2) is 21.1 Å². The van der Waals surface area contributed by atoms with Crippen LogP contribution in [0.3, 0.4) is 0 Å². The Kier molecular flexibility index (Phi) is 4.12. The molecule has 0 atom stereocenters. The Bertz CT molecular complexity index is 716. The molecule has 0 N–H and O–H groups in total. The summed E-state index contributed by atoms with van der Waals surface area (Å²) in [6.07, 6.45) is 4.89. The first-order chi connectivity index (χ1) is 10.3. The van der Waals surface area contributed by atoms with Crippen LogP contribution >= 0.6 is 11.8 Å². The van der Waals surface area contributed by atoms with Crippen molar-refractivity contribution in [3.63, 3.8) is 0 Å². The van der Waals surface area contributed by atoms with Gasteiger partial charge in [-0.05, 0) is 36.8 Å². The van der Waals surface area contributed by atoms with Gasteiger partial charge in [-0.15, -0.1) is 10.2 Å². The highest BCUT2D eigenvalue weighted by Crippen LogP contribution is 2.27. The highest BCUT2D eigenvalue weighted by atomic mass is 32.2. The minimum Gasteiger partial charge on any atom is -0.208 e. The van der Waals surface area contributed by atoms with Gasteiger partial charge in [0.15, 0.2) is 0 Å². The smallest absolute Gasteiger partial charge is 0.141 e. The lowest BCUT2D eigenvalue weighted by molar-refractivity contribution is 0.878. The molecule has 3 rings (SSSR count). The predicted molar refractivity (Wildman–Crippen MR) is 84.8 cm³/mol. The fourth-order valence-corrected chi connectivity index (χ4v) is 2.57. The van der Waals surface area contributed by atoms with Gasteiger partial charge in [0.05, 0.1) is 6.21 Å². The van der Waals surface area contributed by atoms with Crippen molar-refractivity contribution < 1.29 is 0 Å². The first-order valence-corrected chi connectivity index (χ1v) is 7.35. The van der Waals surface area contributed by atoms with Gasteiger partial charge < -0.3 is 0 Å². The molecule has 0 radical (unpaired) electrons. The molecular formula is C16H14N4S. The molecule has 21 heavy (non-hydrogen) atoms. The van der Waals surface area contributed by atoms with E-state index in [1.165, 1.54) is 15.4 Å². The molecule has 0 aliphatic heterocycles. The fourth-order valence-electron chi connectivity index (χ4n) is 1.75. The number of nitrogens with zero attached hydrogens (tertiary/aromatic N) is 4. The van der Waals surface area contributed by atoms with Crippen molar-refractivity contribution in [2.45, 2.75) is 16.7 Å². The molecule has 0 saturated heterocycles. The van der Waals surface area contributed by atoms with Crippen molar-refractivity contribution in [2.24, 2.45) is 5.10 Å². The lowest BCUT2D eigenvalue weighted by Gasteiger charge is -2.02. The third kappa shape index (κ3) is 3.79. The van der Waals surface area contributed by atoms with Crippen LogP contribution in [0.5, 0.6) is 0 Å². The molecule has 0 bridgehead atoms. The van der Waals surface area contributed by atoms with Crippen LogP contribution in [0, 0.1) is 6.92 Å². The van der Waals surface area contributed by atoms with Crippen LogP contribution in [-0.2, 0) is 0 Å². The highest BCUT2D eigenvalue weighted by molar-refractivity contribution is 7.99. The molecule has 0 fully saturated rings. The summed E-state index contributed by atoms with van der Waals surface area (Å²) in [6.45, 7) is 2.10. The van der Waals surface area contributed by atoms with E-state index in [4.69, 9.17) is 0 Å². The van der Waals surface area contributed by atoms with Gasteiger partial charge >= 0.3 is 0 Å². The average Bonchev–Trinajstić information content (AvgIpc) is 3.02. The summed E-state index contributed by atoms with van der Waals surface area (Å²) in [7, 11) is 0. The molecule has 1 heterocycles. The lowest BCUT2D eigenvalue weighted by Crippen LogP contribution is -1.87. The first-order valence-electron chi connectivity index (χ1n) is 6.53. The van der Waals surface area contributed by atoms with Crippen molar-refractivity contribution in [1.82, 2.24) is 14.9 Å². The number of aryl methyl sites for hydroxylation is 1. The van der Waals surface area contributed by atoms with Crippen molar-refractivity contribution in [3.05, 3.63) is 72.3 Å². The Hall–Kier alpha value is -2.40. The maximum atomic E-state index is 4.22. The lowest BCUT2D eigenvalue weighted by atomic mass is 10.2. The maximum absolute atomic E-state index is 4.22. The van der Waals surface area contributed by atoms with E-state index in [-0.39, 0.29) is 0 Å². The van der Waals surface area contributed by atoms with Gasteiger partial charge in [0.25, 0.3) is 0 Å². The first kappa shape index (κ1) is 13.6. The molecule has 0 spiro atoms. The summed E-state index contributed by atoms with van der Waals surface area (Å²) in [5.74, 6) is 0. The quantitative estimate of drug-likeness (QED) is 0.690. The Morgan fingerprint density at radius 1 is 0.905 bits per heavy atom. The number of rotatable bonds is 4. The number of aromatic nitrogens is 3. The third-order valence-corrected chi connectivity index (χ3v) is 3.90. The second kappa shape index (κ2) is 6.37. The molecule has 0 aliphatic rings. The molecular weight excluding hydrogens is 280 g/mol. The molecule has 5 heteroatoms. The van der Waals surface area contributed by atoms with Crippen LogP contribution in [0.25, 0.3) is 0 Å². The van der Waals surface area contributed by atoms with Crippen LogP contribution in [0.4, 0.5) is 0 Å². The van der Waals surface area contributed by atoms with Gasteiger partial charge in [-0.2, -0.15) is 5.10 Å². The predicted octanol–water partition coefficient (Wildman–Crippen LogP) is 3.62. The van der Waals surface area contributed by atoms with Crippen LogP contribution < -0.4 is 0 Å². The normalized spacial score (nSPS) is 11.1. The van der Waals surface area contributed by atoms with Gasteiger partial charge in [-0.3, -0.25) is 0 Å². The molecule has 0 aliphatic carbocycles. The van der Waals surface area contributed by atoms with Crippen molar-refractivity contribution in [3.8, 4) is 0 Å². The molecule has 0 amide bonds. The zero-order valence-electron chi connectivity index (χ0n) is 11.5. The summed E-state index contributed by atoms with van der Waals surface area (Å²) < 4.78 is 1.56. The van der Waals surface area contributed by atoms with Crippen LogP contribution in [0.2, 0.25) is 0 Å².